The number of thiophene rings is 1. The SMILES string of the molecule is CCCc1nn(C)c2c1nc(N)n2CCc1ccc(Cl)s1. The molecule has 3 rings (SSSR count). The molecule has 7 heteroatoms. The lowest BCUT2D eigenvalue weighted by atomic mass is 10.2. The van der Waals surface area contributed by atoms with Crippen molar-refractivity contribution in [1.82, 2.24) is 19.3 Å². The van der Waals surface area contributed by atoms with Crippen LogP contribution in [0.3, 0.4) is 0 Å². The van der Waals surface area contributed by atoms with Gasteiger partial charge in [0.05, 0.1) is 10.0 Å². The van der Waals surface area contributed by atoms with Crippen molar-refractivity contribution in [3.05, 3.63) is 27.0 Å². The number of hydrogen-bond donors (Lipinski definition) is 1. The summed E-state index contributed by atoms with van der Waals surface area (Å²) in [5, 5.41) is 4.56. The highest BCUT2D eigenvalue weighted by molar-refractivity contribution is 7.16. The van der Waals surface area contributed by atoms with E-state index in [-0.39, 0.29) is 0 Å². The first-order valence-electron chi connectivity index (χ1n) is 7.02. The fraction of sp³-hybridized carbons (Fsp3) is 0.429. The molecule has 2 N–H and O–H groups in total. The van der Waals surface area contributed by atoms with Crippen LogP contribution in [0.15, 0.2) is 12.1 Å². The van der Waals surface area contributed by atoms with Gasteiger partial charge in [-0.2, -0.15) is 5.10 Å². The van der Waals surface area contributed by atoms with Gasteiger partial charge in [0.2, 0.25) is 5.95 Å². The molecule has 0 amide bonds. The summed E-state index contributed by atoms with van der Waals surface area (Å²) in [4.78, 5) is 5.75. The Morgan fingerprint density at radius 3 is 2.81 bits per heavy atom. The summed E-state index contributed by atoms with van der Waals surface area (Å²) in [5.74, 6) is 0.554. The molecule has 0 spiro atoms. The van der Waals surface area contributed by atoms with Gasteiger partial charge >= 0.3 is 0 Å². The Hall–Kier alpha value is -1.53. The van der Waals surface area contributed by atoms with E-state index in [1.54, 1.807) is 11.3 Å². The molecule has 3 aromatic heterocycles. The Morgan fingerprint density at radius 2 is 2.14 bits per heavy atom. The average Bonchev–Trinajstić information content (AvgIpc) is 3.07. The topological polar surface area (TPSA) is 61.7 Å². The molecular weight excluding hydrogens is 306 g/mol. The van der Waals surface area contributed by atoms with Gasteiger partial charge in [0.1, 0.15) is 5.52 Å². The van der Waals surface area contributed by atoms with Crippen LogP contribution in [0.1, 0.15) is 23.9 Å². The van der Waals surface area contributed by atoms with Crippen molar-refractivity contribution < 1.29 is 0 Å². The number of aryl methyl sites for hydroxylation is 4. The number of hydrogen-bond acceptors (Lipinski definition) is 4. The minimum Gasteiger partial charge on any atom is -0.369 e. The number of nitrogens with two attached hydrogens (primary N) is 1. The predicted molar refractivity (Wildman–Crippen MR) is 87.9 cm³/mol. The number of fused-ring (bicyclic) bond motifs is 1. The second-order valence-electron chi connectivity index (χ2n) is 5.07. The molecule has 0 aromatic carbocycles. The third kappa shape index (κ3) is 2.65. The van der Waals surface area contributed by atoms with E-state index in [4.69, 9.17) is 17.3 Å². The standard InChI is InChI=1S/C14H18ClN5S/c1-3-4-10-12-13(19(2)18-10)20(14(16)17-12)8-7-9-5-6-11(15)21-9/h5-6H,3-4,7-8H2,1-2H3,(H2,16,17). The van der Waals surface area contributed by atoms with E-state index in [9.17, 15) is 0 Å². The monoisotopic (exact) mass is 323 g/mol. The van der Waals surface area contributed by atoms with Gasteiger partial charge in [-0.25, -0.2) is 4.98 Å². The molecule has 21 heavy (non-hydrogen) atoms. The van der Waals surface area contributed by atoms with Gasteiger partial charge in [-0.1, -0.05) is 24.9 Å². The van der Waals surface area contributed by atoms with Crippen LogP contribution in [-0.4, -0.2) is 19.3 Å². The summed E-state index contributed by atoms with van der Waals surface area (Å²) in [6.07, 6.45) is 2.86. The molecule has 0 fully saturated rings. The number of nitrogens with zero attached hydrogens (tertiary/aromatic N) is 4. The number of halogens is 1. The third-order valence-electron chi connectivity index (χ3n) is 3.52. The molecule has 0 aliphatic heterocycles. The molecule has 112 valence electrons. The van der Waals surface area contributed by atoms with E-state index in [1.807, 2.05) is 22.4 Å². The largest absolute Gasteiger partial charge is 0.369 e. The minimum absolute atomic E-state index is 0.554. The molecule has 0 unspecified atom stereocenters. The highest BCUT2D eigenvalue weighted by Gasteiger charge is 2.17. The molecular formula is C14H18ClN5S. The Balaban J connectivity index is 1.92. The van der Waals surface area contributed by atoms with E-state index in [0.717, 1.165) is 47.0 Å². The normalized spacial score (nSPS) is 11.6. The average molecular weight is 324 g/mol. The summed E-state index contributed by atoms with van der Waals surface area (Å²) >= 11 is 7.58. The van der Waals surface area contributed by atoms with E-state index in [2.05, 4.69) is 23.1 Å². The summed E-state index contributed by atoms with van der Waals surface area (Å²) in [6, 6.07) is 3.99. The Labute approximate surface area is 132 Å². The van der Waals surface area contributed by atoms with Crippen LogP contribution >= 0.6 is 22.9 Å². The first-order chi connectivity index (χ1) is 10.1. The summed E-state index contributed by atoms with van der Waals surface area (Å²) < 4.78 is 4.74. The zero-order chi connectivity index (χ0) is 15.0. The van der Waals surface area contributed by atoms with Crippen LogP contribution in [0.5, 0.6) is 0 Å². The van der Waals surface area contributed by atoms with Crippen LogP contribution in [0.2, 0.25) is 4.34 Å². The Morgan fingerprint density at radius 1 is 1.33 bits per heavy atom. The van der Waals surface area contributed by atoms with E-state index >= 15 is 0 Å². The van der Waals surface area contributed by atoms with Crippen molar-refractivity contribution >= 4 is 40.0 Å². The van der Waals surface area contributed by atoms with Crippen molar-refractivity contribution in [2.75, 3.05) is 5.73 Å². The smallest absolute Gasteiger partial charge is 0.202 e. The molecule has 3 aromatic rings. The fourth-order valence-corrected chi connectivity index (χ4v) is 3.67. The molecule has 3 heterocycles. The maximum Gasteiger partial charge on any atom is 0.202 e. The second kappa shape index (κ2) is 5.69. The number of anilines is 1. The van der Waals surface area contributed by atoms with Gasteiger partial charge in [0, 0.05) is 18.5 Å². The first-order valence-corrected chi connectivity index (χ1v) is 8.21. The molecule has 0 bridgehead atoms. The summed E-state index contributed by atoms with van der Waals surface area (Å²) in [5.41, 5.74) is 9.05. The molecule has 5 nitrogen and oxygen atoms in total. The number of aromatic nitrogens is 4. The molecule has 0 radical (unpaired) electrons. The molecule has 0 atom stereocenters. The molecule has 0 aliphatic carbocycles. The van der Waals surface area contributed by atoms with Gasteiger partial charge in [0.15, 0.2) is 5.65 Å². The highest BCUT2D eigenvalue weighted by atomic mass is 35.5. The van der Waals surface area contributed by atoms with Crippen molar-refractivity contribution in [3.63, 3.8) is 0 Å². The fourth-order valence-electron chi connectivity index (χ4n) is 2.59. The van der Waals surface area contributed by atoms with Gasteiger partial charge in [0.25, 0.3) is 0 Å². The lowest BCUT2D eigenvalue weighted by Gasteiger charge is -2.05. The van der Waals surface area contributed by atoms with Gasteiger partial charge in [-0.05, 0) is 25.0 Å². The van der Waals surface area contributed by atoms with Crippen LogP contribution in [0.4, 0.5) is 5.95 Å². The zero-order valence-corrected chi connectivity index (χ0v) is 13.7. The van der Waals surface area contributed by atoms with Gasteiger partial charge < -0.3 is 5.73 Å². The predicted octanol–water partition coefficient (Wildman–Crippen LogP) is 3.26. The lowest BCUT2D eigenvalue weighted by Crippen LogP contribution is -2.08. The van der Waals surface area contributed by atoms with Crippen molar-refractivity contribution in [3.8, 4) is 0 Å². The highest BCUT2D eigenvalue weighted by Crippen LogP contribution is 2.25. The van der Waals surface area contributed by atoms with E-state index in [0.29, 0.717) is 5.95 Å². The van der Waals surface area contributed by atoms with Crippen LogP contribution in [-0.2, 0) is 26.4 Å². The number of imidazole rings is 1. The van der Waals surface area contributed by atoms with E-state index in [1.165, 1.54) is 4.88 Å². The number of rotatable bonds is 5. The Kier molecular flexibility index (Phi) is 3.91. The third-order valence-corrected chi connectivity index (χ3v) is 4.81. The lowest BCUT2D eigenvalue weighted by molar-refractivity contribution is 0.677. The zero-order valence-electron chi connectivity index (χ0n) is 12.1. The molecule has 0 aliphatic rings. The molecule has 0 saturated carbocycles. The van der Waals surface area contributed by atoms with E-state index < -0.39 is 0 Å². The maximum atomic E-state index is 6.09. The maximum absolute atomic E-state index is 6.09. The van der Waals surface area contributed by atoms with Crippen LogP contribution in [0.25, 0.3) is 11.2 Å². The number of nitrogen functional groups attached to an aromatic ring is 1. The quantitative estimate of drug-likeness (QED) is 0.784. The summed E-state index contributed by atoms with van der Waals surface area (Å²) in [6.45, 7) is 2.92. The second-order valence-corrected chi connectivity index (χ2v) is 6.87. The van der Waals surface area contributed by atoms with Gasteiger partial charge in [-0.3, -0.25) is 9.25 Å². The van der Waals surface area contributed by atoms with Crippen LogP contribution in [0, 0.1) is 0 Å². The minimum atomic E-state index is 0.554. The molecule has 0 saturated heterocycles. The Bertz CT molecular complexity index is 770. The van der Waals surface area contributed by atoms with Crippen molar-refractivity contribution in [1.29, 1.82) is 0 Å². The summed E-state index contributed by atoms with van der Waals surface area (Å²) in [7, 11) is 1.95. The van der Waals surface area contributed by atoms with Crippen molar-refractivity contribution in [2.45, 2.75) is 32.7 Å². The van der Waals surface area contributed by atoms with Crippen LogP contribution < -0.4 is 5.73 Å². The first kappa shape index (κ1) is 14.4. The van der Waals surface area contributed by atoms with Gasteiger partial charge in [-0.15, -0.1) is 11.3 Å². The van der Waals surface area contributed by atoms with Crippen molar-refractivity contribution in [2.24, 2.45) is 7.05 Å².